The van der Waals surface area contributed by atoms with E-state index in [2.05, 4.69) is 28.7 Å². The van der Waals surface area contributed by atoms with Crippen LogP contribution < -0.4 is 5.32 Å². The molecule has 96 valence electrons. The van der Waals surface area contributed by atoms with Crippen LogP contribution in [-0.4, -0.2) is 34.2 Å². The first-order valence-corrected chi connectivity index (χ1v) is 6.42. The van der Waals surface area contributed by atoms with E-state index in [1.807, 2.05) is 18.3 Å². The van der Waals surface area contributed by atoms with E-state index in [9.17, 15) is 0 Å². The van der Waals surface area contributed by atoms with E-state index in [-0.39, 0.29) is 6.10 Å². The summed E-state index contributed by atoms with van der Waals surface area (Å²) in [6.07, 6.45) is 1.84. The fraction of sp³-hybridized carbons (Fsp3) is 0.538. The van der Waals surface area contributed by atoms with Crippen LogP contribution in [-0.2, 0) is 4.74 Å². The van der Waals surface area contributed by atoms with Gasteiger partial charge < -0.3 is 14.6 Å². The van der Waals surface area contributed by atoms with Crippen LogP contribution in [0.3, 0.4) is 0 Å². The fourth-order valence-corrected chi connectivity index (χ4v) is 2.41. The molecule has 1 aliphatic heterocycles. The SMILES string of the molecule is CC(C)n1c(C2CNCCO2)nc2cccnc21. The third-order valence-corrected chi connectivity index (χ3v) is 3.21. The molecule has 1 fully saturated rings. The number of morpholine rings is 1. The lowest BCUT2D eigenvalue weighted by Crippen LogP contribution is -2.34. The van der Waals surface area contributed by atoms with Gasteiger partial charge in [0, 0.05) is 25.3 Å². The number of hydrogen-bond donors (Lipinski definition) is 1. The summed E-state index contributed by atoms with van der Waals surface area (Å²) in [5, 5.41) is 3.35. The molecule has 5 heteroatoms. The van der Waals surface area contributed by atoms with Crippen LogP contribution in [0.25, 0.3) is 11.2 Å². The molecule has 1 atom stereocenters. The molecule has 3 rings (SSSR count). The highest BCUT2D eigenvalue weighted by Gasteiger charge is 2.24. The van der Waals surface area contributed by atoms with Gasteiger partial charge in [0.25, 0.3) is 0 Å². The van der Waals surface area contributed by atoms with E-state index in [0.717, 1.165) is 36.7 Å². The lowest BCUT2D eigenvalue weighted by molar-refractivity contribution is 0.0197. The lowest BCUT2D eigenvalue weighted by atomic mass is 10.2. The summed E-state index contributed by atoms with van der Waals surface area (Å²) in [7, 11) is 0. The van der Waals surface area contributed by atoms with Gasteiger partial charge in [-0.1, -0.05) is 0 Å². The fourth-order valence-electron chi connectivity index (χ4n) is 2.41. The Kier molecular flexibility index (Phi) is 3.01. The Morgan fingerprint density at radius 3 is 3.11 bits per heavy atom. The van der Waals surface area contributed by atoms with Gasteiger partial charge in [0.2, 0.25) is 0 Å². The zero-order valence-corrected chi connectivity index (χ0v) is 10.8. The van der Waals surface area contributed by atoms with Crippen LogP contribution in [0.15, 0.2) is 18.3 Å². The van der Waals surface area contributed by atoms with Gasteiger partial charge in [-0.25, -0.2) is 9.97 Å². The molecule has 1 aliphatic rings. The monoisotopic (exact) mass is 246 g/mol. The maximum atomic E-state index is 5.81. The number of pyridine rings is 1. The molecule has 18 heavy (non-hydrogen) atoms. The van der Waals surface area contributed by atoms with Crippen LogP contribution in [0.4, 0.5) is 0 Å². The van der Waals surface area contributed by atoms with Crippen molar-refractivity contribution in [1.82, 2.24) is 19.9 Å². The molecule has 0 amide bonds. The summed E-state index contributed by atoms with van der Waals surface area (Å²) < 4.78 is 7.98. The third kappa shape index (κ3) is 1.89. The van der Waals surface area contributed by atoms with Crippen LogP contribution >= 0.6 is 0 Å². The predicted molar refractivity (Wildman–Crippen MR) is 69.5 cm³/mol. The number of nitrogens with one attached hydrogen (secondary N) is 1. The number of fused-ring (bicyclic) bond motifs is 1. The van der Waals surface area contributed by atoms with Crippen molar-refractivity contribution in [1.29, 1.82) is 0 Å². The highest BCUT2D eigenvalue weighted by molar-refractivity contribution is 5.71. The first-order chi connectivity index (χ1) is 8.77. The molecule has 0 aromatic carbocycles. The highest BCUT2D eigenvalue weighted by Crippen LogP contribution is 2.25. The summed E-state index contributed by atoms with van der Waals surface area (Å²) in [6, 6.07) is 4.25. The van der Waals surface area contributed by atoms with Crippen LogP contribution in [0.1, 0.15) is 31.8 Å². The Labute approximate surface area is 106 Å². The Hall–Kier alpha value is -1.46. The van der Waals surface area contributed by atoms with E-state index in [1.165, 1.54) is 0 Å². The predicted octanol–water partition coefficient (Wildman–Crippen LogP) is 1.67. The summed E-state index contributed by atoms with van der Waals surface area (Å²) in [5.41, 5.74) is 1.88. The van der Waals surface area contributed by atoms with Crippen LogP contribution in [0.5, 0.6) is 0 Å². The molecular formula is C13H18N4O. The van der Waals surface area contributed by atoms with Gasteiger partial charge in [-0.2, -0.15) is 0 Å². The van der Waals surface area contributed by atoms with Gasteiger partial charge >= 0.3 is 0 Å². The Balaban J connectivity index is 2.11. The molecule has 0 aliphatic carbocycles. The largest absolute Gasteiger partial charge is 0.368 e. The summed E-state index contributed by atoms with van der Waals surface area (Å²) in [6.45, 7) is 6.76. The van der Waals surface area contributed by atoms with E-state index in [0.29, 0.717) is 6.04 Å². The van der Waals surface area contributed by atoms with E-state index >= 15 is 0 Å². The van der Waals surface area contributed by atoms with Crippen molar-refractivity contribution in [2.75, 3.05) is 19.7 Å². The van der Waals surface area contributed by atoms with E-state index in [4.69, 9.17) is 9.72 Å². The minimum absolute atomic E-state index is 0.0235. The van der Waals surface area contributed by atoms with Crippen LogP contribution in [0, 0.1) is 0 Å². The first kappa shape index (κ1) is 11.6. The van der Waals surface area contributed by atoms with Crippen molar-refractivity contribution >= 4 is 11.2 Å². The molecule has 5 nitrogen and oxygen atoms in total. The van der Waals surface area contributed by atoms with Gasteiger partial charge in [-0.3, -0.25) is 0 Å². The topological polar surface area (TPSA) is 52.0 Å². The molecule has 0 saturated carbocycles. The number of rotatable bonds is 2. The lowest BCUT2D eigenvalue weighted by Gasteiger charge is -2.25. The van der Waals surface area contributed by atoms with E-state index < -0.39 is 0 Å². The average molecular weight is 246 g/mol. The Morgan fingerprint density at radius 1 is 1.50 bits per heavy atom. The van der Waals surface area contributed by atoms with Gasteiger partial charge in [-0.05, 0) is 26.0 Å². The minimum Gasteiger partial charge on any atom is -0.368 e. The smallest absolute Gasteiger partial charge is 0.160 e. The van der Waals surface area contributed by atoms with Gasteiger partial charge in [-0.15, -0.1) is 0 Å². The number of aromatic nitrogens is 3. The van der Waals surface area contributed by atoms with Gasteiger partial charge in [0.05, 0.1) is 6.61 Å². The average Bonchev–Trinajstić information content (AvgIpc) is 2.79. The second-order valence-electron chi connectivity index (χ2n) is 4.84. The molecular weight excluding hydrogens is 228 g/mol. The quantitative estimate of drug-likeness (QED) is 0.875. The molecule has 0 radical (unpaired) electrons. The van der Waals surface area contributed by atoms with Crippen molar-refractivity contribution in [2.45, 2.75) is 26.0 Å². The molecule has 0 bridgehead atoms. The Morgan fingerprint density at radius 2 is 2.39 bits per heavy atom. The molecule has 2 aromatic heterocycles. The zero-order chi connectivity index (χ0) is 12.5. The summed E-state index contributed by atoms with van der Waals surface area (Å²) in [4.78, 5) is 9.14. The maximum absolute atomic E-state index is 5.81. The third-order valence-electron chi connectivity index (χ3n) is 3.21. The molecule has 2 aromatic rings. The van der Waals surface area contributed by atoms with Crippen molar-refractivity contribution in [3.63, 3.8) is 0 Å². The standard InChI is InChI=1S/C13H18N4O/c1-9(2)17-12-10(4-3-5-15-12)16-13(17)11-8-14-6-7-18-11/h3-5,9,11,14H,6-8H2,1-2H3. The first-order valence-electron chi connectivity index (χ1n) is 6.42. The number of hydrogen-bond acceptors (Lipinski definition) is 4. The molecule has 1 unspecified atom stereocenters. The number of nitrogens with zero attached hydrogens (tertiary/aromatic N) is 3. The normalized spacial score (nSPS) is 20.7. The van der Waals surface area contributed by atoms with Gasteiger partial charge in [0.1, 0.15) is 17.4 Å². The molecule has 1 N–H and O–H groups in total. The summed E-state index contributed by atoms with van der Waals surface area (Å²) in [5.74, 6) is 0.978. The minimum atomic E-state index is 0.0235. The zero-order valence-electron chi connectivity index (χ0n) is 10.8. The highest BCUT2D eigenvalue weighted by atomic mass is 16.5. The van der Waals surface area contributed by atoms with Crippen molar-refractivity contribution in [2.24, 2.45) is 0 Å². The molecule has 3 heterocycles. The van der Waals surface area contributed by atoms with Crippen molar-refractivity contribution < 1.29 is 4.74 Å². The number of ether oxygens (including phenoxy) is 1. The molecule has 0 spiro atoms. The Bertz CT molecular complexity index is 543. The van der Waals surface area contributed by atoms with E-state index in [1.54, 1.807) is 0 Å². The maximum Gasteiger partial charge on any atom is 0.160 e. The number of imidazole rings is 1. The van der Waals surface area contributed by atoms with Crippen molar-refractivity contribution in [3.05, 3.63) is 24.2 Å². The van der Waals surface area contributed by atoms with Gasteiger partial charge in [0.15, 0.2) is 5.65 Å². The van der Waals surface area contributed by atoms with Crippen LogP contribution in [0.2, 0.25) is 0 Å². The summed E-state index contributed by atoms with van der Waals surface area (Å²) >= 11 is 0. The van der Waals surface area contributed by atoms with Crippen molar-refractivity contribution in [3.8, 4) is 0 Å². The molecule has 1 saturated heterocycles. The second-order valence-corrected chi connectivity index (χ2v) is 4.84. The second kappa shape index (κ2) is 4.66.